The number of pyridine rings is 1. The summed E-state index contributed by atoms with van der Waals surface area (Å²) in [6.45, 7) is 1.97. The molecule has 0 unspecified atom stereocenters. The van der Waals surface area contributed by atoms with Crippen molar-refractivity contribution in [2.75, 3.05) is 11.9 Å². The second kappa shape index (κ2) is 6.20. The number of amides is 2. The Morgan fingerprint density at radius 3 is 3.08 bits per heavy atom. The lowest BCUT2D eigenvalue weighted by molar-refractivity contribution is -0.123. The summed E-state index contributed by atoms with van der Waals surface area (Å²) in [6.07, 6.45) is 4.42. The van der Waals surface area contributed by atoms with E-state index < -0.39 is 0 Å². The van der Waals surface area contributed by atoms with Crippen molar-refractivity contribution >= 4 is 17.5 Å². The Morgan fingerprint density at radius 1 is 1.40 bits per heavy atom. The molecule has 1 aromatic heterocycles. The number of anilines is 1. The van der Waals surface area contributed by atoms with E-state index in [2.05, 4.69) is 15.6 Å². The van der Waals surface area contributed by atoms with Gasteiger partial charge in [0, 0.05) is 18.3 Å². The highest BCUT2D eigenvalue weighted by molar-refractivity contribution is 5.95. The zero-order valence-corrected chi connectivity index (χ0v) is 13.9. The average Bonchev–Trinajstić information content (AvgIpc) is 3.42. The van der Waals surface area contributed by atoms with E-state index in [9.17, 15) is 9.59 Å². The standard InChI is InChI=1S/C19H19N3O3/c1-11(12-4-5-17-16(7-12)22-18(23)10-25-17)21-19(24)15-8-14(15)13-3-2-6-20-9-13/h2-7,9,11,14-15H,8,10H2,1H3,(H,21,24)(H,22,23)/t11-,14-,15+/m0/s1. The van der Waals surface area contributed by atoms with Crippen LogP contribution < -0.4 is 15.4 Å². The molecular formula is C19H19N3O3. The molecule has 25 heavy (non-hydrogen) atoms. The normalized spacial score (nSPS) is 22.2. The second-order valence-electron chi connectivity index (χ2n) is 6.56. The first-order valence-electron chi connectivity index (χ1n) is 8.38. The van der Waals surface area contributed by atoms with Gasteiger partial charge in [-0.2, -0.15) is 0 Å². The Hall–Kier alpha value is -2.89. The fourth-order valence-corrected chi connectivity index (χ4v) is 3.22. The van der Waals surface area contributed by atoms with E-state index in [1.807, 2.05) is 43.5 Å². The van der Waals surface area contributed by atoms with Crippen LogP contribution in [0.4, 0.5) is 5.69 Å². The van der Waals surface area contributed by atoms with E-state index >= 15 is 0 Å². The van der Waals surface area contributed by atoms with Crippen LogP contribution in [-0.4, -0.2) is 23.4 Å². The van der Waals surface area contributed by atoms with Crippen LogP contribution in [-0.2, 0) is 9.59 Å². The summed E-state index contributed by atoms with van der Waals surface area (Å²) in [5.74, 6) is 0.808. The Morgan fingerprint density at radius 2 is 2.28 bits per heavy atom. The molecule has 0 bridgehead atoms. The number of nitrogens with zero attached hydrogens (tertiary/aromatic N) is 1. The molecule has 0 radical (unpaired) electrons. The minimum atomic E-state index is -0.168. The maximum Gasteiger partial charge on any atom is 0.262 e. The van der Waals surface area contributed by atoms with Crippen molar-refractivity contribution in [1.29, 1.82) is 0 Å². The highest BCUT2D eigenvalue weighted by atomic mass is 16.5. The third kappa shape index (κ3) is 3.20. The lowest BCUT2D eigenvalue weighted by Crippen LogP contribution is -2.29. The van der Waals surface area contributed by atoms with Crippen molar-refractivity contribution in [3.8, 4) is 5.75 Å². The lowest BCUT2D eigenvalue weighted by atomic mass is 10.1. The summed E-state index contributed by atoms with van der Waals surface area (Å²) in [7, 11) is 0. The van der Waals surface area contributed by atoms with Crippen LogP contribution in [0.15, 0.2) is 42.7 Å². The number of fused-ring (bicyclic) bond motifs is 1. The fourth-order valence-electron chi connectivity index (χ4n) is 3.22. The number of hydrogen-bond acceptors (Lipinski definition) is 4. The minimum absolute atomic E-state index is 0.00677. The van der Waals surface area contributed by atoms with E-state index in [0.717, 1.165) is 17.5 Å². The first kappa shape index (κ1) is 15.6. The zero-order chi connectivity index (χ0) is 17.4. The van der Waals surface area contributed by atoms with Crippen molar-refractivity contribution in [1.82, 2.24) is 10.3 Å². The van der Waals surface area contributed by atoms with E-state index in [4.69, 9.17) is 4.74 Å². The number of rotatable bonds is 4. The highest BCUT2D eigenvalue weighted by Crippen LogP contribution is 2.47. The molecule has 4 rings (SSSR count). The van der Waals surface area contributed by atoms with Crippen LogP contribution in [0.5, 0.6) is 5.75 Å². The molecule has 0 saturated heterocycles. The molecule has 6 nitrogen and oxygen atoms in total. The van der Waals surface area contributed by atoms with Gasteiger partial charge in [0.25, 0.3) is 5.91 Å². The number of nitrogens with one attached hydrogen (secondary N) is 2. The summed E-state index contributed by atoms with van der Waals surface area (Å²) in [4.78, 5) is 28.0. The van der Waals surface area contributed by atoms with Crippen LogP contribution in [0.2, 0.25) is 0 Å². The number of aromatic nitrogens is 1. The molecule has 2 amide bonds. The summed E-state index contributed by atoms with van der Waals surface area (Å²) >= 11 is 0. The van der Waals surface area contributed by atoms with Crippen molar-refractivity contribution in [2.45, 2.75) is 25.3 Å². The molecule has 1 aromatic carbocycles. The van der Waals surface area contributed by atoms with Gasteiger partial charge >= 0.3 is 0 Å². The van der Waals surface area contributed by atoms with Gasteiger partial charge in [0.2, 0.25) is 5.91 Å². The average molecular weight is 337 g/mol. The Balaban J connectivity index is 1.41. The largest absolute Gasteiger partial charge is 0.482 e. The molecule has 2 heterocycles. The molecule has 6 heteroatoms. The zero-order valence-electron chi connectivity index (χ0n) is 13.9. The maximum absolute atomic E-state index is 12.5. The highest BCUT2D eigenvalue weighted by Gasteiger charge is 2.44. The fraction of sp³-hybridized carbons (Fsp3) is 0.316. The molecule has 1 saturated carbocycles. The Bertz CT molecular complexity index is 822. The predicted molar refractivity (Wildman–Crippen MR) is 92.2 cm³/mol. The van der Waals surface area contributed by atoms with Gasteiger partial charge < -0.3 is 15.4 Å². The van der Waals surface area contributed by atoms with Gasteiger partial charge in [-0.15, -0.1) is 0 Å². The molecule has 2 N–H and O–H groups in total. The van der Waals surface area contributed by atoms with Gasteiger partial charge in [-0.05, 0) is 48.6 Å². The quantitative estimate of drug-likeness (QED) is 0.898. The van der Waals surface area contributed by atoms with Crippen LogP contribution in [0.3, 0.4) is 0 Å². The molecule has 1 fully saturated rings. The molecule has 1 aliphatic carbocycles. The van der Waals surface area contributed by atoms with Gasteiger partial charge in [-0.1, -0.05) is 12.1 Å². The second-order valence-corrected chi connectivity index (χ2v) is 6.56. The van der Waals surface area contributed by atoms with Crippen LogP contribution in [0.25, 0.3) is 0 Å². The molecule has 0 spiro atoms. The maximum atomic E-state index is 12.5. The summed E-state index contributed by atoms with van der Waals surface area (Å²) in [6, 6.07) is 9.35. The molecule has 1 aliphatic heterocycles. The number of ether oxygens (including phenoxy) is 1. The van der Waals surface area contributed by atoms with E-state index in [1.165, 1.54) is 0 Å². The Kier molecular flexibility index (Phi) is 3.87. The van der Waals surface area contributed by atoms with Gasteiger partial charge in [-0.25, -0.2) is 0 Å². The van der Waals surface area contributed by atoms with Crippen LogP contribution in [0, 0.1) is 5.92 Å². The topological polar surface area (TPSA) is 80.3 Å². The molecule has 2 aromatic rings. The lowest BCUT2D eigenvalue weighted by Gasteiger charge is -2.21. The smallest absolute Gasteiger partial charge is 0.262 e. The van der Waals surface area contributed by atoms with Gasteiger partial charge in [-0.3, -0.25) is 14.6 Å². The third-order valence-electron chi connectivity index (χ3n) is 4.74. The van der Waals surface area contributed by atoms with Gasteiger partial charge in [0.15, 0.2) is 6.61 Å². The molecular weight excluding hydrogens is 318 g/mol. The SMILES string of the molecule is C[C@H](NC(=O)[C@@H]1C[C@H]1c1cccnc1)c1ccc2c(c1)NC(=O)CO2. The van der Waals surface area contributed by atoms with Crippen LogP contribution >= 0.6 is 0 Å². The molecule has 2 aliphatic rings. The first-order valence-corrected chi connectivity index (χ1v) is 8.38. The monoisotopic (exact) mass is 337 g/mol. The number of benzene rings is 1. The van der Waals surface area contributed by atoms with Gasteiger partial charge in [0.1, 0.15) is 5.75 Å². The van der Waals surface area contributed by atoms with E-state index in [-0.39, 0.29) is 36.3 Å². The van der Waals surface area contributed by atoms with Crippen LogP contribution in [0.1, 0.15) is 36.4 Å². The number of hydrogen-bond donors (Lipinski definition) is 2. The van der Waals surface area contributed by atoms with Crippen molar-refractivity contribution in [3.63, 3.8) is 0 Å². The van der Waals surface area contributed by atoms with Gasteiger partial charge in [0.05, 0.1) is 11.7 Å². The molecule has 128 valence electrons. The summed E-state index contributed by atoms with van der Waals surface area (Å²) < 4.78 is 5.36. The Labute approximate surface area is 145 Å². The predicted octanol–water partition coefficient (Wildman–Crippen LogP) is 2.39. The number of carbonyl (C=O) groups is 2. The van der Waals surface area contributed by atoms with Crippen molar-refractivity contribution < 1.29 is 14.3 Å². The molecule has 3 atom stereocenters. The van der Waals surface area contributed by atoms with E-state index in [0.29, 0.717) is 11.4 Å². The minimum Gasteiger partial charge on any atom is -0.482 e. The van der Waals surface area contributed by atoms with Crippen molar-refractivity contribution in [3.05, 3.63) is 53.9 Å². The number of carbonyl (C=O) groups excluding carboxylic acids is 2. The summed E-state index contributed by atoms with van der Waals surface area (Å²) in [5, 5.41) is 5.85. The summed E-state index contributed by atoms with van der Waals surface area (Å²) in [5.41, 5.74) is 2.69. The van der Waals surface area contributed by atoms with Crippen molar-refractivity contribution in [2.24, 2.45) is 5.92 Å². The third-order valence-corrected chi connectivity index (χ3v) is 4.74. The van der Waals surface area contributed by atoms with E-state index in [1.54, 1.807) is 6.20 Å². The first-order chi connectivity index (χ1) is 12.1.